The molecule has 1 aromatic carbocycles. The fourth-order valence-corrected chi connectivity index (χ4v) is 4.84. The molecule has 0 aliphatic carbocycles. The van der Waals surface area contributed by atoms with E-state index in [-0.39, 0.29) is 29.1 Å². The summed E-state index contributed by atoms with van der Waals surface area (Å²) in [6, 6.07) is 11.8. The third-order valence-corrected chi connectivity index (χ3v) is 6.50. The van der Waals surface area contributed by atoms with Gasteiger partial charge in [-0.3, -0.25) is 14.6 Å². The standard InChI is InChI=1S/C19H21N3O4S/c1-21(15-6-4-3-5-7-15)18(23)14-8-10-20-17(12-14)19(24)22(2)16-9-11-27(25,26)13-16/h3-8,10,12,16H,9,11,13H2,1-2H3. The lowest BCUT2D eigenvalue weighted by atomic mass is 10.1. The van der Waals surface area contributed by atoms with Crippen LogP contribution >= 0.6 is 0 Å². The lowest BCUT2D eigenvalue weighted by molar-refractivity contribution is 0.0741. The number of amides is 2. The third kappa shape index (κ3) is 4.16. The molecule has 1 atom stereocenters. The topological polar surface area (TPSA) is 87.7 Å². The first kappa shape index (κ1) is 19.0. The molecule has 2 amide bonds. The van der Waals surface area contributed by atoms with Crippen molar-refractivity contribution >= 4 is 27.3 Å². The molecule has 142 valence electrons. The van der Waals surface area contributed by atoms with Gasteiger partial charge >= 0.3 is 0 Å². The van der Waals surface area contributed by atoms with E-state index in [4.69, 9.17) is 0 Å². The molecular weight excluding hydrogens is 366 g/mol. The number of hydrogen-bond acceptors (Lipinski definition) is 5. The van der Waals surface area contributed by atoms with Gasteiger partial charge in [0.25, 0.3) is 11.8 Å². The van der Waals surface area contributed by atoms with Gasteiger partial charge in [0.1, 0.15) is 5.69 Å². The quantitative estimate of drug-likeness (QED) is 0.795. The second kappa shape index (κ2) is 7.48. The lowest BCUT2D eigenvalue weighted by Gasteiger charge is -2.23. The summed E-state index contributed by atoms with van der Waals surface area (Å²) in [6.45, 7) is 0. The molecule has 27 heavy (non-hydrogen) atoms. The average Bonchev–Trinajstić information content (AvgIpc) is 3.06. The zero-order chi connectivity index (χ0) is 19.6. The van der Waals surface area contributed by atoms with Crippen molar-refractivity contribution in [1.82, 2.24) is 9.88 Å². The van der Waals surface area contributed by atoms with Gasteiger partial charge in [-0.15, -0.1) is 0 Å². The van der Waals surface area contributed by atoms with Crippen molar-refractivity contribution in [2.24, 2.45) is 0 Å². The maximum Gasteiger partial charge on any atom is 0.272 e. The number of carbonyl (C=O) groups excluding carboxylic acids is 2. The van der Waals surface area contributed by atoms with Gasteiger partial charge in [-0.05, 0) is 30.7 Å². The highest BCUT2D eigenvalue weighted by molar-refractivity contribution is 7.91. The van der Waals surface area contributed by atoms with E-state index >= 15 is 0 Å². The number of pyridine rings is 1. The fourth-order valence-electron chi connectivity index (χ4n) is 3.07. The molecule has 1 aliphatic rings. The summed E-state index contributed by atoms with van der Waals surface area (Å²) >= 11 is 0. The minimum Gasteiger partial charge on any atom is -0.336 e. The Balaban J connectivity index is 1.79. The number of aromatic nitrogens is 1. The molecule has 1 unspecified atom stereocenters. The smallest absolute Gasteiger partial charge is 0.272 e. The first-order chi connectivity index (χ1) is 12.8. The maximum atomic E-state index is 12.7. The molecule has 0 bridgehead atoms. The van der Waals surface area contributed by atoms with Gasteiger partial charge < -0.3 is 9.80 Å². The summed E-state index contributed by atoms with van der Waals surface area (Å²) < 4.78 is 23.3. The van der Waals surface area contributed by atoms with Crippen LogP contribution in [0.15, 0.2) is 48.7 Å². The van der Waals surface area contributed by atoms with Crippen molar-refractivity contribution in [2.45, 2.75) is 12.5 Å². The van der Waals surface area contributed by atoms with Gasteiger partial charge in [0.05, 0.1) is 11.5 Å². The van der Waals surface area contributed by atoms with E-state index in [0.717, 1.165) is 5.69 Å². The van der Waals surface area contributed by atoms with Crippen LogP contribution < -0.4 is 4.90 Å². The molecule has 2 heterocycles. The Kier molecular flexibility index (Phi) is 5.27. The van der Waals surface area contributed by atoms with E-state index in [2.05, 4.69) is 4.98 Å². The Morgan fingerprint density at radius 3 is 2.41 bits per heavy atom. The lowest BCUT2D eigenvalue weighted by Crippen LogP contribution is -2.38. The number of para-hydroxylation sites is 1. The van der Waals surface area contributed by atoms with Crippen molar-refractivity contribution in [3.8, 4) is 0 Å². The third-order valence-electron chi connectivity index (χ3n) is 4.75. The summed E-state index contributed by atoms with van der Waals surface area (Å²) in [7, 11) is 0.137. The van der Waals surface area contributed by atoms with E-state index in [1.165, 1.54) is 22.1 Å². The molecule has 0 radical (unpaired) electrons. The minimum atomic E-state index is -3.09. The summed E-state index contributed by atoms with van der Waals surface area (Å²) in [5.41, 5.74) is 1.20. The molecule has 0 saturated carbocycles. The van der Waals surface area contributed by atoms with Crippen LogP contribution in [0.2, 0.25) is 0 Å². The molecule has 1 aromatic heterocycles. The monoisotopic (exact) mass is 387 g/mol. The minimum absolute atomic E-state index is 0.0371. The first-order valence-electron chi connectivity index (χ1n) is 8.55. The van der Waals surface area contributed by atoms with Gasteiger partial charge in [0, 0.05) is 37.6 Å². The Hall–Kier alpha value is -2.74. The number of carbonyl (C=O) groups is 2. The Labute approximate surface area is 158 Å². The van der Waals surface area contributed by atoms with Crippen LogP contribution in [0.4, 0.5) is 5.69 Å². The maximum absolute atomic E-state index is 12.7. The molecule has 1 saturated heterocycles. The zero-order valence-corrected chi connectivity index (χ0v) is 16.0. The van der Waals surface area contributed by atoms with Gasteiger partial charge in [-0.2, -0.15) is 0 Å². The fraction of sp³-hybridized carbons (Fsp3) is 0.316. The highest BCUT2D eigenvalue weighted by Crippen LogP contribution is 2.19. The second-order valence-corrected chi connectivity index (χ2v) is 8.83. The number of anilines is 1. The highest BCUT2D eigenvalue weighted by Gasteiger charge is 2.33. The van der Waals surface area contributed by atoms with Crippen molar-refractivity contribution in [3.05, 3.63) is 59.9 Å². The predicted molar refractivity (Wildman–Crippen MR) is 103 cm³/mol. The SMILES string of the molecule is CN(C(=O)c1ccnc(C(=O)N(C)C2CCS(=O)(=O)C2)c1)c1ccccc1. The summed E-state index contributed by atoms with van der Waals surface area (Å²) in [6.07, 6.45) is 1.83. The number of nitrogens with zero attached hydrogens (tertiary/aromatic N) is 3. The number of sulfone groups is 1. The number of rotatable bonds is 4. The van der Waals surface area contributed by atoms with Crippen molar-refractivity contribution in [1.29, 1.82) is 0 Å². The molecule has 0 spiro atoms. The Bertz CT molecular complexity index is 960. The van der Waals surface area contributed by atoms with Gasteiger partial charge in [-0.25, -0.2) is 8.42 Å². The first-order valence-corrected chi connectivity index (χ1v) is 10.4. The molecule has 2 aromatic rings. The van der Waals surface area contributed by atoms with Crippen molar-refractivity contribution in [3.63, 3.8) is 0 Å². The van der Waals surface area contributed by atoms with Crippen LogP contribution in [-0.2, 0) is 9.84 Å². The van der Waals surface area contributed by atoms with Gasteiger partial charge in [-0.1, -0.05) is 18.2 Å². The number of hydrogen-bond donors (Lipinski definition) is 0. The van der Waals surface area contributed by atoms with Gasteiger partial charge in [0.15, 0.2) is 9.84 Å². The summed E-state index contributed by atoms with van der Waals surface area (Å²) in [5, 5.41) is 0. The van der Waals surface area contributed by atoms with Crippen LogP contribution in [0, 0.1) is 0 Å². The second-order valence-electron chi connectivity index (χ2n) is 6.60. The molecular formula is C19H21N3O4S. The van der Waals surface area contributed by atoms with E-state index in [0.29, 0.717) is 12.0 Å². The van der Waals surface area contributed by atoms with E-state index in [9.17, 15) is 18.0 Å². The molecule has 1 aliphatic heterocycles. The molecule has 8 heteroatoms. The van der Waals surface area contributed by atoms with E-state index in [1.807, 2.05) is 30.3 Å². The van der Waals surface area contributed by atoms with E-state index in [1.54, 1.807) is 20.2 Å². The predicted octanol–water partition coefficient (Wildman–Crippen LogP) is 1.62. The molecule has 3 rings (SSSR count). The van der Waals surface area contributed by atoms with Crippen LogP contribution in [-0.4, -0.2) is 61.8 Å². The number of benzene rings is 1. The van der Waals surface area contributed by atoms with Crippen LogP contribution in [0.25, 0.3) is 0 Å². The normalized spacial score (nSPS) is 18.1. The molecule has 1 fully saturated rings. The van der Waals surface area contributed by atoms with Gasteiger partial charge in [0.2, 0.25) is 0 Å². The van der Waals surface area contributed by atoms with Crippen LogP contribution in [0.5, 0.6) is 0 Å². The van der Waals surface area contributed by atoms with Crippen molar-refractivity contribution < 1.29 is 18.0 Å². The Morgan fingerprint density at radius 2 is 1.78 bits per heavy atom. The van der Waals surface area contributed by atoms with Crippen molar-refractivity contribution in [2.75, 3.05) is 30.5 Å². The summed E-state index contributed by atoms with van der Waals surface area (Å²) in [4.78, 5) is 32.4. The molecule has 7 nitrogen and oxygen atoms in total. The molecule has 0 N–H and O–H groups in total. The van der Waals surface area contributed by atoms with Crippen LogP contribution in [0.1, 0.15) is 27.3 Å². The zero-order valence-electron chi connectivity index (χ0n) is 15.2. The van der Waals surface area contributed by atoms with Crippen LogP contribution in [0.3, 0.4) is 0 Å². The largest absolute Gasteiger partial charge is 0.336 e. The summed E-state index contributed by atoms with van der Waals surface area (Å²) in [5.74, 6) is -0.605. The Morgan fingerprint density at radius 1 is 1.07 bits per heavy atom. The van der Waals surface area contributed by atoms with E-state index < -0.39 is 15.7 Å². The highest BCUT2D eigenvalue weighted by atomic mass is 32.2. The average molecular weight is 387 g/mol.